The summed E-state index contributed by atoms with van der Waals surface area (Å²) in [5.74, 6) is 0.381. The van der Waals surface area contributed by atoms with Crippen LogP contribution in [0.25, 0.3) is 0 Å². The molecule has 120 valence electrons. The van der Waals surface area contributed by atoms with Crippen molar-refractivity contribution >= 4 is 11.8 Å². The normalized spacial score (nSPS) is 24.1. The largest absolute Gasteiger partial charge is 0.354 e. The molecule has 0 aromatic rings. The Kier molecular flexibility index (Phi) is 6.44. The van der Waals surface area contributed by atoms with Crippen LogP contribution in [0.2, 0.25) is 0 Å². The molecule has 0 fully saturated rings. The van der Waals surface area contributed by atoms with Crippen LogP contribution in [0, 0.1) is 5.92 Å². The Morgan fingerprint density at radius 3 is 2.91 bits per heavy atom. The van der Waals surface area contributed by atoms with Crippen LogP contribution in [0.3, 0.4) is 0 Å². The quantitative estimate of drug-likeness (QED) is 0.767. The van der Waals surface area contributed by atoms with Gasteiger partial charge >= 0.3 is 0 Å². The molecular formula is C18H26N2O2. The maximum absolute atomic E-state index is 12.6. The number of allylic oxidation sites excluding steroid dienone is 4. The summed E-state index contributed by atoms with van der Waals surface area (Å²) in [5.41, 5.74) is 0. The fourth-order valence-electron chi connectivity index (χ4n) is 2.94. The molecule has 4 nitrogen and oxygen atoms in total. The van der Waals surface area contributed by atoms with Gasteiger partial charge in [0.2, 0.25) is 11.8 Å². The zero-order valence-electron chi connectivity index (χ0n) is 13.3. The van der Waals surface area contributed by atoms with Crippen molar-refractivity contribution < 1.29 is 9.59 Å². The number of amides is 2. The third-order valence-corrected chi connectivity index (χ3v) is 4.24. The van der Waals surface area contributed by atoms with E-state index in [9.17, 15) is 9.59 Å². The van der Waals surface area contributed by atoms with Crippen LogP contribution in [0.4, 0.5) is 0 Å². The third-order valence-electron chi connectivity index (χ3n) is 4.24. The van der Waals surface area contributed by atoms with Crippen molar-refractivity contribution in [2.24, 2.45) is 5.92 Å². The Hall–Kier alpha value is -1.84. The van der Waals surface area contributed by atoms with Gasteiger partial charge < -0.3 is 10.2 Å². The highest BCUT2D eigenvalue weighted by Crippen LogP contribution is 2.23. The minimum atomic E-state index is 0.00377. The second-order valence-corrected chi connectivity index (χ2v) is 5.88. The lowest BCUT2D eigenvalue weighted by atomic mass is 9.93. The van der Waals surface area contributed by atoms with Gasteiger partial charge in [0.05, 0.1) is 6.04 Å². The van der Waals surface area contributed by atoms with Gasteiger partial charge in [-0.3, -0.25) is 9.59 Å². The molecule has 0 bridgehead atoms. The van der Waals surface area contributed by atoms with E-state index in [1.165, 1.54) is 0 Å². The Bertz CT molecular complexity index is 479. The minimum Gasteiger partial charge on any atom is -0.354 e. The van der Waals surface area contributed by atoms with Crippen molar-refractivity contribution in [3.63, 3.8) is 0 Å². The summed E-state index contributed by atoms with van der Waals surface area (Å²) in [5, 5.41) is 2.94. The second-order valence-electron chi connectivity index (χ2n) is 5.88. The van der Waals surface area contributed by atoms with Crippen LogP contribution < -0.4 is 5.32 Å². The molecular weight excluding hydrogens is 276 g/mol. The lowest BCUT2D eigenvalue weighted by Crippen LogP contribution is -2.45. The molecule has 2 unspecified atom stereocenters. The number of rotatable bonds is 6. The fourth-order valence-corrected chi connectivity index (χ4v) is 2.94. The summed E-state index contributed by atoms with van der Waals surface area (Å²) in [4.78, 5) is 26.3. The first kappa shape index (κ1) is 16.5. The lowest BCUT2D eigenvalue weighted by Gasteiger charge is -2.29. The SMILES string of the molecule is C/C=C/CCC(=O)NCC1C=CCN1C(=O)C1CC=CCC1. The maximum atomic E-state index is 12.6. The first-order chi connectivity index (χ1) is 10.7. The molecule has 2 atom stereocenters. The summed E-state index contributed by atoms with van der Waals surface area (Å²) in [6.07, 6.45) is 16.3. The van der Waals surface area contributed by atoms with E-state index in [-0.39, 0.29) is 23.8 Å². The average molecular weight is 302 g/mol. The summed E-state index contributed by atoms with van der Waals surface area (Å²) in [6.45, 7) is 3.13. The fraction of sp³-hybridized carbons (Fsp3) is 0.556. The van der Waals surface area contributed by atoms with Gasteiger partial charge in [-0.15, -0.1) is 0 Å². The van der Waals surface area contributed by atoms with E-state index in [1.54, 1.807) is 0 Å². The first-order valence-electron chi connectivity index (χ1n) is 8.22. The highest BCUT2D eigenvalue weighted by atomic mass is 16.2. The van der Waals surface area contributed by atoms with Gasteiger partial charge in [0, 0.05) is 25.4 Å². The smallest absolute Gasteiger partial charge is 0.226 e. The van der Waals surface area contributed by atoms with Crippen molar-refractivity contribution in [1.29, 1.82) is 0 Å². The molecule has 0 radical (unpaired) electrons. The molecule has 0 saturated heterocycles. The van der Waals surface area contributed by atoms with Crippen molar-refractivity contribution in [2.75, 3.05) is 13.1 Å². The highest BCUT2D eigenvalue weighted by molar-refractivity contribution is 5.81. The van der Waals surface area contributed by atoms with Crippen LogP contribution in [-0.2, 0) is 9.59 Å². The van der Waals surface area contributed by atoms with Gasteiger partial charge in [-0.25, -0.2) is 0 Å². The molecule has 2 amide bonds. The van der Waals surface area contributed by atoms with Gasteiger partial charge in [0.15, 0.2) is 0 Å². The van der Waals surface area contributed by atoms with Crippen LogP contribution in [0.5, 0.6) is 0 Å². The van der Waals surface area contributed by atoms with Crippen LogP contribution in [0.15, 0.2) is 36.5 Å². The molecule has 1 N–H and O–H groups in total. The van der Waals surface area contributed by atoms with Gasteiger partial charge in [-0.2, -0.15) is 0 Å². The number of nitrogens with zero attached hydrogens (tertiary/aromatic N) is 1. The number of hydrogen-bond acceptors (Lipinski definition) is 2. The van der Waals surface area contributed by atoms with Crippen molar-refractivity contribution in [2.45, 2.75) is 45.1 Å². The van der Waals surface area contributed by atoms with Crippen LogP contribution >= 0.6 is 0 Å². The predicted molar refractivity (Wildman–Crippen MR) is 88.2 cm³/mol. The van der Waals surface area contributed by atoms with E-state index in [0.29, 0.717) is 19.5 Å². The van der Waals surface area contributed by atoms with Crippen molar-refractivity contribution in [3.05, 3.63) is 36.5 Å². The predicted octanol–water partition coefficient (Wildman–Crippen LogP) is 2.58. The number of carbonyl (C=O) groups is 2. The second kappa shape index (κ2) is 8.57. The molecule has 2 aliphatic rings. The molecule has 1 aliphatic carbocycles. The summed E-state index contributed by atoms with van der Waals surface area (Å²) < 4.78 is 0. The highest BCUT2D eigenvalue weighted by Gasteiger charge is 2.30. The standard InChI is InChI=1S/C18H26N2O2/c1-2-3-5-12-17(21)19-14-16-11-8-13-20(16)18(22)15-9-6-4-7-10-15/h2-4,6,8,11,15-16H,5,7,9-10,12-14H2,1H3,(H,19,21)/b3-2+. The van der Waals surface area contributed by atoms with E-state index >= 15 is 0 Å². The first-order valence-corrected chi connectivity index (χ1v) is 8.22. The van der Waals surface area contributed by atoms with Gasteiger partial charge in [-0.1, -0.05) is 36.5 Å². The summed E-state index contributed by atoms with van der Waals surface area (Å²) in [6, 6.07) is 0.00377. The van der Waals surface area contributed by atoms with E-state index < -0.39 is 0 Å². The monoisotopic (exact) mass is 302 g/mol. The number of nitrogens with one attached hydrogen (secondary N) is 1. The van der Waals surface area contributed by atoms with E-state index in [2.05, 4.69) is 17.5 Å². The minimum absolute atomic E-state index is 0.00377. The zero-order chi connectivity index (χ0) is 15.8. The Morgan fingerprint density at radius 2 is 2.18 bits per heavy atom. The Morgan fingerprint density at radius 1 is 1.32 bits per heavy atom. The van der Waals surface area contributed by atoms with E-state index in [0.717, 1.165) is 25.7 Å². The van der Waals surface area contributed by atoms with Crippen LogP contribution in [0.1, 0.15) is 39.0 Å². The van der Waals surface area contributed by atoms with Crippen LogP contribution in [-0.4, -0.2) is 35.8 Å². The molecule has 22 heavy (non-hydrogen) atoms. The molecule has 4 heteroatoms. The van der Waals surface area contributed by atoms with E-state index in [4.69, 9.17) is 0 Å². The third kappa shape index (κ3) is 4.58. The maximum Gasteiger partial charge on any atom is 0.226 e. The number of hydrogen-bond donors (Lipinski definition) is 1. The zero-order valence-corrected chi connectivity index (χ0v) is 13.3. The Balaban J connectivity index is 1.79. The molecule has 2 rings (SSSR count). The molecule has 1 aliphatic heterocycles. The Labute approximate surface area is 132 Å². The van der Waals surface area contributed by atoms with Crippen molar-refractivity contribution in [3.8, 4) is 0 Å². The molecule has 1 heterocycles. The van der Waals surface area contributed by atoms with E-state index in [1.807, 2.05) is 36.1 Å². The molecule has 0 aromatic carbocycles. The van der Waals surface area contributed by atoms with Gasteiger partial charge in [0.25, 0.3) is 0 Å². The summed E-state index contributed by atoms with van der Waals surface area (Å²) in [7, 11) is 0. The average Bonchev–Trinajstić information content (AvgIpc) is 3.02. The topological polar surface area (TPSA) is 49.4 Å². The molecule has 0 spiro atoms. The van der Waals surface area contributed by atoms with Crippen molar-refractivity contribution in [1.82, 2.24) is 10.2 Å². The number of carbonyl (C=O) groups excluding carboxylic acids is 2. The van der Waals surface area contributed by atoms with Gasteiger partial charge in [0.1, 0.15) is 0 Å². The molecule has 0 saturated carbocycles. The lowest BCUT2D eigenvalue weighted by molar-refractivity contribution is -0.136. The molecule has 0 aromatic heterocycles. The summed E-state index contributed by atoms with van der Waals surface area (Å²) >= 11 is 0. The van der Waals surface area contributed by atoms with Gasteiger partial charge in [-0.05, 0) is 32.6 Å².